The summed E-state index contributed by atoms with van der Waals surface area (Å²) in [5.74, 6) is 0.601. The molecule has 10 nitrogen and oxygen atoms in total. The largest absolute Gasteiger partial charge is 0.495 e. The van der Waals surface area contributed by atoms with E-state index in [1.54, 1.807) is 28.9 Å². The standard InChI is InChI=1S/C21H24N6O4/c1-5-16-14(11-23-27(16)18-8-9-20(31-4)26-25-18)21(29)22-12-19(28)24-15-10-13(2)6-7-17(15)30-3/h6-11H,5,12H2,1-4H3,(H,22,29)(H,24,28). The molecule has 0 saturated carbocycles. The minimum Gasteiger partial charge on any atom is -0.495 e. The van der Waals surface area contributed by atoms with E-state index >= 15 is 0 Å². The maximum atomic E-state index is 12.7. The second-order valence-corrected chi connectivity index (χ2v) is 6.64. The SMILES string of the molecule is CCc1c(C(=O)NCC(=O)Nc2cc(C)ccc2OC)cnn1-c1ccc(OC)nn1. The topological polar surface area (TPSA) is 120 Å². The number of carbonyl (C=O) groups is 2. The second kappa shape index (κ2) is 9.70. The molecule has 1 aromatic carbocycles. The Morgan fingerprint density at radius 2 is 1.90 bits per heavy atom. The van der Waals surface area contributed by atoms with E-state index in [1.807, 2.05) is 19.9 Å². The number of aryl methyl sites for hydroxylation is 1. The summed E-state index contributed by atoms with van der Waals surface area (Å²) in [5.41, 5.74) is 2.53. The van der Waals surface area contributed by atoms with E-state index in [0.29, 0.717) is 40.8 Å². The molecule has 0 fully saturated rings. The molecule has 3 aromatic rings. The van der Waals surface area contributed by atoms with Crippen LogP contribution in [-0.4, -0.2) is 52.6 Å². The number of anilines is 1. The van der Waals surface area contributed by atoms with E-state index in [1.165, 1.54) is 20.4 Å². The number of carbonyl (C=O) groups excluding carboxylic acids is 2. The number of nitrogens with zero attached hydrogens (tertiary/aromatic N) is 4. The van der Waals surface area contributed by atoms with Crippen LogP contribution in [0.25, 0.3) is 5.82 Å². The van der Waals surface area contributed by atoms with Gasteiger partial charge in [0, 0.05) is 6.07 Å². The van der Waals surface area contributed by atoms with Crippen molar-refractivity contribution in [1.29, 1.82) is 0 Å². The average Bonchev–Trinajstić information content (AvgIpc) is 3.22. The molecular weight excluding hydrogens is 400 g/mol. The Hall–Kier alpha value is -3.95. The Morgan fingerprint density at radius 1 is 1.10 bits per heavy atom. The second-order valence-electron chi connectivity index (χ2n) is 6.64. The van der Waals surface area contributed by atoms with E-state index in [9.17, 15) is 9.59 Å². The number of nitrogens with one attached hydrogen (secondary N) is 2. The van der Waals surface area contributed by atoms with Gasteiger partial charge in [0.25, 0.3) is 5.91 Å². The molecule has 31 heavy (non-hydrogen) atoms. The molecule has 2 N–H and O–H groups in total. The van der Waals surface area contributed by atoms with E-state index in [2.05, 4.69) is 25.9 Å². The number of ether oxygens (including phenoxy) is 2. The summed E-state index contributed by atoms with van der Waals surface area (Å²) in [6, 6.07) is 8.81. The predicted octanol–water partition coefficient (Wildman–Crippen LogP) is 1.92. The number of benzene rings is 1. The third-order valence-electron chi connectivity index (χ3n) is 4.54. The first-order valence-corrected chi connectivity index (χ1v) is 9.64. The highest BCUT2D eigenvalue weighted by atomic mass is 16.5. The number of amides is 2. The maximum Gasteiger partial charge on any atom is 0.255 e. The summed E-state index contributed by atoms with van der Waals surface area (Å²) >= 11 is 0. The summed E-state index contributed by atoms with van der Waals surface area (Å²) in [5, 5.41) is 17.6. The average molecular weight is 424 g/mol. The third kappa shape index (κ3) is 4.97. The van der Waals surface area contributed by atoms with Crippen LogP contribution in [-0.2, 0) is 11.2 Å². The molecule has 0 saturated heterocycles. The quantitative estimate of drug-likeness (QED) is 0.567. The van der Waals surface area contributed by atoms with Gasteiger partial charge in [-0.25, -0.2) is 4.68 Å². The van der Waals surface area contributed by atoms with Gasteiger partial charge < -0.3 is 20.1 Å². The van der Waals surface area contributed by atoms with E-state index in [0.717, 1.165) is 5.56 Å². The molecule has 0 bridgehead atoms. The van der Waals surface area contributed by atoms with Crippen molar-refractivity contribution in [2.75, 3.05) is 26.1 Å². The van der Waals surface area contributed by atoms with Crippen LogP contribution in [0.15, 0.2) is 36.5 Å². The lowest BCUT2D eigenvalue weighted by Crippen LogP contribution is -2.33. The number of hydrogen-bond donors (Lipinski definition) is 2. The van der Waals surface area contributed by atoms with Crippen molar-refractivity contribution in [2.45, 2.75) is 20.3 Å². The van der Waals surface area contributed by atoms with Gasteiger partial charge in [-0.1, -0.05) is 13.0 Å². The Morgan fingerprint density at radius 3 is 2.55 bits per heavy atom. The van der Waals surface area contributed by atoms with Crippen LogP contribution in [0.1, 0.15) is 28.5 Å². The van der Waals surface area contributed by atoms with Crippen LogP contribution in [0.4, 0.5) is 5.69 Å². The fourth-order valence-electron chi connectivity index (χ4n) is 3.01. The van der Waals surface area contributed by atoms with Crippen LogP contribution in [0, 0.1) is 6.92 Å². The number of aromatic nitrogens is 4. The van der Waals surface area contributed by atoms with Gasteiger partial charge in [-0.2, -0.15) is 5.10 Å². The molecule has 2 amide bonds. The Balaban J connectivity index is 1.68. The molecule has 162 valence electrons. The first kappa shape index (κ1) is 21.8. The summed E-state index contributed by atoms with van der Waals surface area (Å²) in [6.45, 7) is 3.61. The fourth-order valence-corrected chi connectivity index (χ4v) is 3.01. The molecule has 0 radical (unpaired) electrons. The molecule has 0 aliphatic carbocycles. The number of rotatable bonds is 8. The highest BCUT2D eigenvalue weighted by molar-refractivity contribution is 6.00. The van der Waals surface area contributed by atoms with Crippen molar-refractivity contribution in [3.63, 3.8) is 0 Å². The minimum atomic E-state index is -0.407. The molecule has 2 aromatic heterocycles. The van der Waals surface area contributed by atoms with Gasteiger partial charge in [0.15, 0.2) is 5.82 Å². The lowest BCUT2D eigenvalue weighted by Gasteiger charge is -2.11. The predicted molar refractivity (Wildman–Crippen MR) is 114 cm³/mol. The van der Waals surface area contributed by atoms with Gasteiger partial charge in [-0.05, 0) is 37.1 Å². The number of hydrogen-bond acceptors (Lipinski definition) is 7. The minimum absolute atomic E-state index is 0.202. The highest BCUT2D eigenvalue weighted by Crippen LogP contribution is 2.25. The maximum absolute atomic E-state index is 12.7. The van der Waals surface area contributed by atoms with E-state index in [-0.39, 0.29) is 12.5 Å². The van der Waals surface area contributed by atoms with Gasteiger partial charge in [0.2, 0.25) is 11.8 Å². The zero-order valence-corrected chi connectivity index (χ0v) is 17.8. The normalized spacial score (nSPS) is 10.5. The van der Waals surface area contributed by atoms with Crippen molar-refractivity contribution in [1.82, 2.24) is 25.3 Å². The van der Waals surface area contributed by atoms with Gasteiger partial charge in [0.1, 0.15) is 5.75 Å². The summed E-state index contributed by atoms with van der Waals surface area (Å²) < 4.78 is 11.8. The first-order chi connectivity index (χ1) is 15.0. The van der Waals surface area contributed by atoms with Crippen molar-refractivity contribution in [2.24, 2.45) is 0 Å². The molecule has 3 rings (SSSR count). The van der Waals surface area contributed by atoms with Crippen molar-refractivity contribution < 1.29 is 19.1 Å². The summed E-state index contributed by atoms with van der Waals surface area (Å²) in [4.78, 5) is 25.0. The third-order valence-corrected chi connectivity index (χ3v) is 4.54. The van der Waals surface area contributed by atoms with Gasteiger partial charge in [-0.15, -0.1) is 10.2 Å². The van der Waals surface area contributed by atoms with Crippen molar-refractivity contribution in [3.05, 3.63) is 53.3 Å². The van der Waals surface area contributed by atoms with Crippen LogP contribution in [0.2, 0.25) is 0 Å². The van der Waals surface area contributed by atoms with Gasteiger partial charge in [-0.3, -0.25) is 9.59 Å². The molecule has 0 spiro atoms. The van der Waals surface area contributed by atoms with E-state index in [4.69, 9.17) is 9.47 Å². The lowest BCUT2D eigenvalue weighted by atomic mass is 10.2. The molecule has 0 aliphatic rings. The van der Waals surface area contributed by atoms with Crippen molar-refractivity contribution in [3.8, 4) is 17.4 Å². The van der Waals surface area contributed by atoms with Gasteiger partial charge in [0.05, 0.1) is 43.9 Å². The molecule has 2 heterocycles. The highest BCUT2D eigenvalue weighted by Gasteiger charge is 2.19. The zero-order chi connectivity index (χ0) is 22.4. The van der Waals surface area contributed by atoms with Crippen LogP contribution in [0.3, 0.4) is 0 Å². The Labute approximate surface area is 179 Å². The summed E-state index contributed by atoms with van der Waals surface area (Å²) in [6.07, 6.45) is 1.98. The number of methoxy groups -OCH3 is 2. The van der Waals surface area contributed by atoms with Crippen molar-refractivity contribution >= 4 is 17.5 Å². The van der Waals surface area contributed by atoms with Crippen LogP contribution < -0.4 is 20.1 Å². The molecule has 10 heteroatoms. The lowest BCUT2D eigenvalue weighted by molar-refractivity contribution is -0.115. The van der Waals surface area contributed by atoms with E-state index < -0.39 is 5.91 Å². The van der Waals surface area contributed by atoms with Crippen LogP contribution in [0.5, 0.6) is 11.6 Å². The van der Waals surface area contributed by atoms with Gasteiger partial charge >= 0.3 is 0 Å². The monoisotopic (exact) mass is 424 g/mol. The molecule has 0 unspecified atom stereocenters. The van der Waals surface area contributed by atoms with Crippen LogP contribution >= 0.6 is 0 Å². The Bertz CT molecular complexity index is 1080. The zero-order valence-electron chi connectivity index (χ0n) is 17.8. The Kier molecular flexibility index (Phi) is 6.81. The first-order valence-electron chi connectivity index (χ1n) is 9.64. The summed E-state index contributed by atoms with van der Waals surface area (Å²) in [7, 11) is 3.03. The molecule has 0 atom stereocenters. The fraction of sp³-hybridized carbons (Fsp3) is 0.286. The molecule has 0 aliphatic heterocycles. The smallest absolute Gasteiger partial charge is 0.255 e. The molecular formula is C21H24N6O4.